The molecule has 5 rings (SSSR count). The molecule has 1 aliphatic carbocycles. The van der Waals surface area contributed by atoms with Crippen LogP contribution in [0, 0.1) is 11.8 Å². The number of hydrogen-bond acceptors (Lipinski definition) is 9. The predicted octanol–water partition coefficient (Wildman–Crippen LogP) is 6.34. The molecule has 246 valence electrons. The molecule has 10 nitrogen and oxygen atoms in total. The van der Waals surface area contributed by atoms with Crippen molar-refractivity contribution in [2.24, 2.45) is 11.8 Å². The van der Waals surface area contributed by atoms with Gasteiger partial charge in [0, 0.05) is 56.4 Å². The number of pyridine rings is 2. The van der Waals surface area contributed by atoms with E-state index in [2.05, 4.69) is 20.9 Å². The number of carbonyl (C=O) groups is 2. The highest BCUT2D eigenvalue weighted by molar-refractivity contribution is 5.70. The van der Waals surface area contributed by atoms with Crippen molar-refractivity contribution >= 4 is 17.7 Å². The van der Waals surface area contributed by atoms with E-state index in [4.69, 9.17) is 18.9 Å². The van der Waals surface area contributed by atoms with Crippen LogP contribution < -0.4 is 14.4 Å². The summed E-state index contributed by atoms with van der Waals surface area (Å²) in [7, 11) is 1.65. The number of carbonyl (C=O) groups excluding carboxylic acids is 2. The number of methoxy groups -OCH3 is 1. The van der Waals surface area contributed by atoms with Crippen LogP contribution in [0.5, 0.6) is 11.8 Å². The predicted molar refractivity (Wildman–Crippen MR) is 172 cm³/mol. The van der Waals surface area contributed by atoms with Gasteiger partial charge < -0.3 is 28.7 Å². The van der Waals surface area contributed by atoms with Gasteiger partial charge in [-0.25, -0.2) is 14.8 Å². The molecule has 0 bridgehead atoms. The number of rotatable bonds is 11. The monoisotopic (exact) mass is 622 g/mol. The SMILES string of the molecule is CCOC(=O)CC(c1ccnc(OCC2CCN(c3cc(OC)ncc3C3CCN(C(=O)OC(C)(C)C)CC3)CC2)c1)C1CC1. The summed E-state index contributed by atoms with van der Waals surface area (Å²) in [4.78, 5) is 38.1. The van der Waals surface area contributed by atoms with Crippen LogP contribution >= 0.6 is 0 Å². The third-order valence-corrected chi connectivity index (χ3v) is 9.17. The lowest BCUT2D eigenvalue weighted by Crippen LogP contribution is -2.41. The standard InChI is InChI=1S/C35H50N4O6/c1-6-43-33(40)20-28(25-7-8-25)27-9-14-36-32(19-27)44-23-24-10-15-38(16-11-24)30-21-31(42-5)37-22-29(30)26-12-17-39(18-13-26)34(41)45-35(2,3)4/h9,14,19,21-22,24-26,28H,6-8,10-13,15-18,20,23H2,1-5H3. The molecule has 2 aliphatic heterocycles. The summed E-state index contributed by atoms with van der Waals surface area (Å²) in [6, 6.07) is 6.09. The van der Waals surface area contributed by atoms with Gasteiger partial charge in [0.15, 0.2) is 0 Å². The Morgan fingerprint density at radius 3 is 2.36 bits per heavy atom. The van der Waals surface area contributed by atoms with Crippen molar-refractivity contribution < 1.29 is 28.5 Å². The molecule has 1 amide bonds. The highest BCUT2D eigenvalue weighted by Crippen LogP contribution is 2.45. The van der Waals surface area contributed by atoms with Crippen molar-refractivity contribution in [2.45, 2.75) is 90.1 Å². The Labute approximate surface area is 267 Å². The van der Waals surface area contributed by atoms with E-state index in [0.29, 0.717) is 62.2 Å². The first kappa shape index (κ1) is 32.8. The van der Waals surface area contributed by atoms with E-state index in [1.54, 1.807) is 13.3 Å². The zero-order chi connectivity index (χ0) is 32.0. The van der Waals surface area contributed by atoms with Crippen LogP contribution in [0.1, 0.15) is 95.6 Å². The quantitative estimate of drug-likeness (QED) is 0.266. The normalized spacial score (nSPS) is 18.8. The lowest BCUT2D eigenvalue weighted by molar-refractivity contribution is -0.143. The molecule has 1 unspecified atom stereocenters. The van der Waals surface area contributed by atoms with Gasteiger partial charge in [0.1, 0.15) is 5.60 Å². The molecule has 2 aromatic rings. The van der Waals surface area contributed by atoms with Crippen LogP contribution in [0.15, 0.2) is 30.6 Å². The maximum Gasteiger partial charge on any atom is 0.410 e. The first-order chi connectivity index (χ1) is 21.6. The fourth-order valence-electron chi connectivity index (χ4n) is 6.57. The molecular weight excluding hydrogens is 572 g/mol. The van der Waals surface area contributed by atoms with Crippen LogP contribution in [0.2, 0.25) is 0 Å². The van der Waals surface area contributed by atoms with Crippen molar-refractivity contribution in [2.75, 3.05) is 51.4 Å². The Bertz CT molecular complexity index is 1290. The maximum absolute atomic E-state index is 12.6. The molecule has 0 radical (unpaired) electrons. The van der Waals surface area contributed by atoms with Crippen molar-refractivity contribution in [3.8, 4) is 11.8 Å². The molecule has 3 aliphatic rings. The summed E-state index contributed by atoms with van der Waals surface area (Å²) in [5.41, 5.74) is 3.02. The summed E-state index contributed by atoms with van der Waals surface area (Å²) in [5.74, 6) is 2.54. The van der Waals surface area contributed by atoms with Gasteiger partial charge >= 0.3 is 12.1 Å². The molecule has 1 saturated carbocycles. The van der Waals surface area contributed by atoms with E-state index >= 15 is 0 Å². The third-order valence-electron chi connectivity index (χ3n) is 9.17. The van der Waals surface area contributed by atoms with Crippen LogP contribution in [0.25, 0.3) is 0 Å². The minimum atomic E-state index is -0.497. The van der Waals surface area contributed by atoms with Gasteiger partial charge in [-0.1, -0.05) is 0 Å². The second-order valence-electron chi connectivity index (χ2n) is 13.6. The van der Waals surface area contributed by atoms with Gasteiger partial charge in [0.25, 0.3) is 0 Å². The van der Waals surface area contributed by atoms with Gasteiger partial charge in [0.2, 0.25) is 11.8 Å². The minimum absolute atomic E-state index is 0.137. The van der Waals surface area contributed by atoms with E-state index in [-0.39, 0.29) is 18.0 Å². The summed E-state index contributed by atoms with van der Waals surface area (Å²) in [6.45, 7) is 11.7. The number of likely N-dealkylation sites (tertiary alicyclic amines) is 1. The van der Waals surface area contributed by atoms with E-state index in [1.165, 1.54) is 11.3 Å². The first-order valence-corrected chi connectivity index (χ1v) is 16.6. The minimum Gasteiger partial charge on any atom is -0.481 e. The van der Waals surface area contributed by atoms with Crippen LogP contribution in [0.4, 0.5) is 10.5 Å². The average molecular weight is 623 g/mol. The Hall–Kier alpha value is -3.56. The number of nitrogens with zero attached hydrogens (tertiary/aromatic N) is 4. The number of aromatic nitrogens is 2. The molecule has 2 aromatic heterocycles. The number of piperidine rings is 2. The Morgan fingerprint density at radius 2 is 1.71 bits per heavy atom. The number of esters is 1. The van der Waals surface area contributed by atoms with E-state index < -0.39 is 5.60 Å². The van der Waals surface area contributed by atoms with E-state index in [1.807, 2.05) is 50.9 Å². The Balaban J connectivity index is 1.16. The van der Waals surface area contributed by atoms with Crippen molar-refractivity contribution in [3.05, 3.63) is 41.7 Å². The fourth-order valence-corrected chi connectivity index (χ4v) is 6.57. The molecule has 1 atom stereocenters. The van der Waals surface area contributed by atoms with Gasteiger partial charge in [-0.2, -0.15) is 0 Å². The Kier molecular flexibility index (Phi) is 10.7. The largest absolute Gasteiger partial charge is 0.481 e. The molecule has 0 aromatic carbocycles. The summed E-state index contributed by atoms with van der Waals surface area (Å²) in [6.07, 6.45) is 10.00. The second-order valence-corrected chi connectivity index (χ2v) is 13.6. The molecule has 0 N–H and O–H groups in total. The lowest BCUT2D eigenvalue weighted by Gasteiger charge is -2.38. The Morgan fingerprint density at radius 1 is 0.978 bits per heavy atom. The van der Waals surface area contributed by atoms with Crippen molar-refractivity contribution in [3.63, 3.8) is 0 Å². The first-order valence-electron chi connectivity index (χ1n) is 16.6. The third kappa shape index (κ3) is 9.01. The van der Waals surface area contributed by atoms with Gasteiger partial charge in [-0.15, -0.1) is 0 Å². The zero-order valence-corrected chi connectivity index (χ0v) is 27.6. The molecular formula is C35H50N4O6. The topological polar surface area (TPSA) is 103 Å². The second kappa shape index (κ2) is 14.7. The van der Waals surface area contributed by atoms with E-state index in [9.17, 15) is 9.59 Å². The number of amides is 1. The van der Waals surface area contributed by atoms with Crippen molar-refractivity contribution in [1.82, 2.24) is 14.9 Å². The smallest absolute Gasteiger partial charge is 0.410 e. The average Bonchev–Trinajstić information content (AvgIpc) is 3.88. The number of ether oxygens (including phenoxy) is 4. The number of hydrogen-bond donors (Lipinski definition) is 0. The number of anilines is 1. The summed E-state index contributed by atoms with van der Waals surface area (Å²) >= 11 is 0. The molecule has 0 spiro atoms. The molecule has 2 saturated heterocycles. The van der Waals surface area contributed by atoms with Gasteiger partial charge in [-0.05, 0) is 107 Å². The van der Waals surface area contributed by atoms with Crippen LogP contribution in [-0.4, -0.2) is 79.0 Å². The zero-order valence-electron chi connectivity index (χ0n) is 27.6. The molecule has 45 heavy (non-hydrogen) atoms. The molecule has 10 heteroatoms. The van der Waals surface area contributed by atoms with Crippen LogP contribution in [0.3, 0.4) is 0 Å². The molecule has 3 fully saturated rings. The van der Waals surface area contributed by atoms with Gasteiger partial charge in [-0.3, -0.25) is 4.79 Å². The highest BCUT2D eigenvalue weighted by Gasteiger charge is 2.35. The maximum atomic E-state index is 12.6. The summed E-state index contributed by atoms with van der Waals surface area (Å²) < 4.78 is 22.6. The lowest BCUT2D eigenvalue weighted by atomic mass is 9.88. The van der Waals surface area contributed by atoms with Crippen molar-refractivity contribution in [1.29, 1.82) is 0 Å². The highest BCUT2D eigenvalue weighted by atomic mass is 16.6. The van der Waals surface area contributed by atoms with Gasteiger partial charge in [0.05, 0.1) is 26.7 Å². The molecule has 4 heterocycles. The fraction of sp³-hybridized carbons (Fsp3) is 0.657. The summed E-state index contributed by atoms with van der Waals surface area (Å²) in [5, 5.41) is 0. The van der Waals surface area contributed by atoms with Crippen LogP contribution in [-0.2, 0) is 14.3 Å². The van der Waals surface area contributed by atoms with E-state index in [0.717, 1.165) is 57.2 Å².